The molecule has 0 fully saturated rings. The highest BCUT2D eigenvalue weighted by Gasteiger charge is 2.16. The first-order chi connectivity index (χ1) is 13.7. The van der Waals surface area contributed by atoms with Crippen LogP contribution in [0.3, 0.4) is 0 Å². The molecule has 0 aliphatic rings. The molecule has 6 heteroatoms. The van der Waals surface area contributed by atoms with E-state index in [4.69, 9.17) is 14.7 Å². The van der Waals surface area contributed by atoms with Crippen molar-refractivity contribution in [2.45, 2.75) is 6.92 Å². The van der Waals surface area contributed by atoms with Gasteiger partial charge in [-0.3, -0.25) is 4.57 Å². The molecule has 138 valence electrons. The van der Waals surface area contributed by atoms with E-state index in [9.17, 15) is 0 Å². The molecule has 6 nitrogen and oxygen atoms in total. The Balaban J connectivity index is 1.83. The second-order valence-corrected chi connectivity index (χ2v) is 6.79. The molecule has 5 aromatic rings. The summed E-state index contributed by atoms with van der Waals surface area (Å²) in [6.45, 7) is 2.07. The molecule has 0 saturated heterocycles. The maximum atomic E-state index is 5.41. The summed E-state index contributed by atoms with van der Waals surface area (Å²) in [5.41, 5.74) is 5.77. The minimum absolute atomic E-state index is 0.597. The molecular formula is C22H19N5O. The van der Waals surface area contributed by atoms with Gasteiger partial charge in [0.25, 0.3) is 0 Å². The smallest absolute Gasteiger partial charge is 0.238 e. The fraction of sp³-hybridized carbons (Fsp3) is 0.136. The normalized spacial score (nSPS) is 11.4. The molecule has 5 rings (SSSR count). The lowest BCUT2D eigenvalue weighted by molar-refractivity contribution is 0.415. The van der Waals surface area contributed by atoms with E-state index >= 15 is 0 Å². The van der Waals surface area contributed by atoms with Crippen LogP contribution in [0.5, 0.6) is 5.75 Å². The molecule has 0 N–H and O–H groups in total. The molecule has 0 spiro atoms. The van der Waals surface area contributed by atoms with E-state index in [1.165, 1.54) is 0 Å². The van der Waals surface area contributed by atoms with Gasteiger partial charge in [-0.1, -0.05) is 24.3 Å². The zero-order valence-electron chi connectivity index (χ0n) is 15.9. The third-order valence-corrected chi connectivity index (χ3v) is 5.13. The van der Waals surface area contributed by atoms with Gasteiger partial charge in [-0.2, -0.15) is 4.98 Å². The summed E-state index contributed by atoms with van der Waals surface area (Å²) in [4.78, 5) is 14.3. The van der Waals surface area contributed by atoms with Crippen LogP contribution < -0.4 is 4.74 Å². The van der Waals surface area contributed by atoms with Crippen LogP contribution in [0, 0.1) is 6.92 Å². The van der Waals surface area contributed by atoms with Crippen molar-refractivity contribution in [3.63, 3.8) is 0 Å². The van der Waals surface area contributed by atoms with Crippen LogP contribution in [0.1, 0.15) is 5.69 Å². The number of fused-ring (bicyclic) bond motifs is 2. The number of aromatic nitrogens is 5. The average molecular weight is 369 g/mol. The van der Waals surface area contributed by atoms with E-state index in [1.54, 1.807) is 13.4 Å². The molecule has 0 radical (unpaired) electrons. The van der Waals surface area contributed by atoms with Crippen molar-refractivity contribution < 1.29 is 4.74 Å². The summed E-state index contributed by atoms with van der Waals surface area (Å²) in [5, 5.41) is 1.02. The first-order valence-electron chi connectivity index (χ1n) is 9.06. The van der Waals surface area contributed by atoms with Crippen LogP contribution in [0.15, 0.2) is 60.9 Å². The van der Waals surface area contributed by atoms with Crippen LogP contribution in [0.2, 0.25) is 0 Å². The lowest BCUT2D eigenvalue weighted by atomic mass is 10.1. The van der Waals surface area contributed by atoms with Gasteiger partial charge in [0.2, 0.25) is 5.95 Å². The number of para-hydroxylation sites is 2. The highest BCUT2D eigenvalue weighted by molar-refractivity contribution is 5.92. The monoisotopic (exact) mass is 369 g/mol. The SMILES string of the molecule is COc1cccc(-c2nc(-n3cnc4ccccc43)nc3c2cc(C)n3C)c1. The molecule has 0 aliphatic heterocycles. The second-order valence-electron chi connectivity index (χ2n) is 6.79. The van der Waals surface area contributed by atoms with E-state index in [1.807, 2.05) is 60.1 Å². The van der Waals surface area contributed by atoms with Gasteiger partial charge >= 0.3 is 0 Å². The summed E-state index contributed by atoms with van der Waals surface area (Å²) >= 11 is 0. The molecule has 0 aliphatic carbocycles. The van der Waals surface area contributed by atoms with E-state index in [0.29, 0.717) is 5.95 Å². The van der Waals surface area contributed by atoms with E-state index < -0.39 is 0 Å². The van der Waals surface area contributed by atoms with Crippen molar-refractivity contribution in [3.8, 4) is 23.0 Å². The number of nitrogens with zero attached hydrogens (tertiary/aromatic N) is 5. The Kier molecular flexibility index (Phi) is 3.65. The summed E-state index contributed by atoms with van der Waals surface area (Å²) in [5.74, 6) is 1.40. The van der Waals surface area contributed by atoms with Gasteiger partial charge in [-0.15, -0.1) is 0 Å². The van der Waals surface area contributed by atoms with Gasteiger partial charge in [0.1, 0.15) is 17.7 Å². The molecule has 0 unspecified atom stereocenters. The number of hydrogen-bond acceptors (Lipinski definition) is 4. The fourth-order valence-electron chi connectivity index (χ4n) is 3.52. The number of aryl methyl sites for hydroxylation is 2. The summed E-state index contributed by atoms with van der Waals surface area (Å²) in [6.07, 6.45) is 1.77. The minimum atomic E-state index is 0.597. The Hall–Kier alpha value is -3.67. The highest BCUT2D eigenvalue weighted by Crippen LogP contribution is 2.31. The van der Waals surface area contributed by atoms with Gasteiger partial charge in [0, 0.05) is 23.7 Å². The number of rotatable bonds is 3. The Labute approximate surface area is 162 Å². The van der Waals surface area contributed by atoms with Gasteiger partial charge < -0.3 is 9.30 Å². The first kappa shape index (κ1) is 16.5. The molecule has 0 atom stereocenters. The largest absolute Gasteiger partial charge is 0.497 e. The van der Waals surface area contributed by atoms with Crippen LogP contribution in [-0.2, 0) is 7.05 Å². The van der Waals surface area contributed by atoms with Crippen molar-refractivity contribution in [2.75, 3.05) is 7.11 Å². The average Bonchev–Trinajstić information content (AvgIpc) is 3.29. The van der Waals surface area contributed by atoms with Crippen molar-refractivity contribution in [1.82, 2.24) is 24.1 Å². The van der Waals surface area contributed by atoms with Crippen molar-refractivity contribution in [1.29, 1.82) is 0 Å². The predicted molar refractivity (Wildman–Crippen MR) is 110 cm³/mol. The Morgan fingerprint density at radius 3 is 2.68 bits per heavy atom. The summed E-state index contributed by atoms with van der Waals surface area (Å²) in [7, 11) is 3.69. The number of methoxy groups -OCH3 is 1. The zero-order chi connectivity index (χ0) is 19.3. The van der Waals surface area contributed by atoms with Crippen molar-refractivity contribution in [2.24, 2.45) is 7.05 Å². The summed E-state index contributed by atoms with van der Waals surface area (Å²) in [6, 6.07) is 18.1. The molecular weight excluding hydrogens is 350 g/mol. The van der Waals surface area contributed by atoms with Crippen LogP contribution in [0.4, 0.5) is 0 Å². The molecule has 0 bridgehead atoms. The minimum Gasteiger partial charge on any atom is -0.497 e. The third kappa shape index (κ3) is 2.45. The van der Waals surface area contributed by atoms with E-state index in [-0.39, 0.29) is 0 Å². The quantitative estimate of drug-likeness (QED) is 0.476. The Morgan fingerprint density at radius 2 is 1.82 bits per heavy atom. The lowest BCUT2D eigenvalue weighted by Gasteiger charge is -2.10. The fourth-order valence-corrected chi connectivity index (χ4v) is 3.52. The highest BCUT2D eigenvalue weighted by atomic mass is 16.5. The molecule has 0 saturated carbocycles. The Bertz CT molecular complexity index is 1330. The molecule has 2 aromatic carbocycles. The third-order valence-electron chi connectivity index (χ3n) is 5.13. The number of imidazole rings is 1. The van der Waals surface area contributed by atoms with Gasteiger partial charge in [-0.05, 0) is 37.3 Å². The lowest BCUT2D eigenvalue weighted by Crippen LogP contribution is -2.04. The Morgan fingerprint density at radius 1 is 0.964 bits per heavy atom. The van der Waals surface area contributed by atoms with E-state index in [0.717, 1.165) is 44.8 Å². The zero-order valence-corrected chi connectivity index (χ0v) is 15.9. The summed E-state index contributed by atoms with van der Waals surface area (Å²) < 4.78 is 9.43. The second kappa shape index (κ2) is 6.20. The maximum absolute atomic E-state index is 5.41. The number of ether oxygens (including phenoxy) is 1. The molecule has 28 heavy (non-hydrogen) atoms. The molecule has 3 heterocycles. The topological polar surface area (TPSA) is 57.8 Å². The maximum Gasteiger partial charge on any atom is 0.238 e. The van der Waals surface area contributed by atoms with Gasteiger partial charge in [0.15, 0.2) is 0 Å². The van der Waals surface area contributed by atoms with Crippen LogP contribution >= 0.6 is 0 Å². The van der Waals surface area contributed by atoms with Crippen LogP contribution in [0.25, 0.3) is 39.3 Å². The first-order valence-corrected chi connectivity index (χ1v) is 9.06. The predicted octanol–water partition coefficient (Wildman–Crippen LogP) is 4.29. The number of hydrogen-bond donors (Lipinski definition) is 0. The standard InChI is InChI=1S/C22H19N5O/c1-14-11-17-20(15-7-6-8-16(12-15)28-3)24-22(25-21(17)26(14)2)27-13-23-18-9-4-5-10-19(18)27/h4-13H,1-3H3. The van der Waals surface area contributed by atoms with Crippen molar-refractivity contribution in [3.05, 3.63) is 66.6 Å². The van der Waals surface area contributed by atoms with Gasteiger partial charge in [0.05, 0.1) is 23.8 Å². The van der Waals surface area contributed by atoms with Crippen molar-refractivity contribution >= 4 is 22.1 Å². The van der Waals surface area contributed by atoms with Gasteiger partial charge in [-0.25, -0.2) is 9.97 Å². The number of benzene rings is 2. The van der Waals surface area contributed by atoms with E-state index in [2.05, 4.69) is 22.5 Å². The van der Waals surface area contributed by atoms with Crippen LogP contribution in [-0.4, -0.2) is 31.2 Å². The molecule has 0 amide bonds. The molecule has 3 aromatic heterocycles.